The molecule has 2 nitrogen and oxygen atoms in total. The molecule has 0 spiro atoms. The maximum atomic E-state index is 5.38. The molecule has 13 heavy (non-hydrogen) atoms. The minimum Gasteiger partial charge on any atom is -0.476 e. The van der Waals surface area contributed by atoms with E-state index in [0.29, 0.717) is 6.61 Å². The highest BCUT2D eigenvalue weighted by atomic mass is 79.9. The summed E-state index contributed by atoms with van der Waals surface area (Å²) in [5.74, 6) is 0.768. The van der Waals surface area contributed by atoms with E-state index in [1.807, 2.05) is 6.07 Å². The van der Waals surface area contributed by atoms with Crippen LogP contribution in [0.25, 0.3) is 0 Å². The van der Waals surface area contributed by atoms with Gasteiger partial charge in [0, 0.05) is 10.0 Å². The van der Waals surface area contributed by atoms with E-state index >= 15 is 0 Å². The van der Waals surface area contributed by atoms with Gasteiger partial charge >= 0.3 is 0 Å². The number of hydrogen-bond donors (Lipinski definition) is 0. The van der Waals surface area contributed by atoms with Crippen molar-refractivity contribution in [1.29, 1.82) is 0 Å². The monoisotopic (exact) mass is 239 g/mol. The van der Waals surface area contributed by atoms with Crippen molar-refractivity contribution in [3.8, 4) is 0 Å². The Bertz CT molecular complexity index is 340. The molecule has 68 valence electrons. The van der Waals surface area contributed by atoms with Crippen molar-refractivity contribution in [2.24, 2.45) is 4.99 Å². The second-order valence-corrected chi connectivity index (χ2v) is 3.97. The smallest absolute Gasteiger partial charge is 0.216 e. The molecule has 0 aromatic heterocycles. The number of aryl methyl sites for hydroxylation is 1. The Kier molecular flexibility index (Phi) is 2.36. The first-order valence-electron chi connectivity index (χ1n) is 4.20. The third-order valence-electron chi connectivity index (χ3n) is 1.87. The normalized spacial score (nSPS) is 15.4. The van der Waals surface area contributed by atoms with Gasteiger partial charge in [-0.2, -0.15) is 0 Å². The lowest BCUT2D eigenvalue weighted by Gasteiger charge is -2.03. The summed E-state index contributed by atoms with van der Waals surface area (Å²) in [6.45, 7) is 3.55. The zero-order valence-electron chi connectivity index (χ0n) is 7.38. The average Bonchev–Trinajstić information content (AvgIpc) is 2.53. The summed E-state index contributed by atoms with van der Waals surface area (Å²) in [6, 6.07) is 6.17. The van der Waals surface area contributed by atoms with Gasteiger partial charge in [-0.1, -0.05) is 15.9 Å². The fourth-order valence-electron chi connectivity index (χ4n) is 1.37. The zero-order valence-corrected chi connectivity index (χ0v) is 8.97. The van der Waals surface area contributed by atoms with Gasteiger partial charge in [0.1, 0.15) is 6.61 Å². The minimum absolute atomic E-state index is 0.709. The van der Waals surface area contributed by atoms with Crippen molar-refractivity contribution >= 4 is 21.8 Å². The Hall–Kier alpha value is -0.830. The van der Waals surface area contributed by atoms with Gasteiger partial charge in [-0.05, 0) is 30.7 Å². The predicted octanol–water partition coefficient (Wildman–Crippen LogP) is 2.53. The van der Waals surface area contributed by atoms with Crippen LogP contribution >= 0.6 is 15.9 Å². The number of hydrogen-bond acceptors (Lipinski definition) is 2. The summed E-state index contributed by atoms with van der Waals surface area (Å²) in [7, 11) is 0. The summed E-state index contributed by atoms with van der Waals surface area (Å²) in [5, 5.41) is 0. The lowest BCUT2D eigenvalue weighted by atomic mass is 10.1. The van der Waals surface area contributed by atoms with Gasteiger partial charge in [0.15, 0.2) is 0 Å². The summed E-state index contributed by atoms with van der Waals surface area (Å²) in [4.78, 5) is 4.26. The van der Waals surface area contributed by atoms with Crippen molar-refractivity contribution in [3.63, 3.8) is 0 Å². The number of benzene rings is 1. The molecule has 0 N–H and O–H groups in total. The fraction of sp³-hybridized carbons (Fsp3) is 0.300. The largest absolute Gasteiger partial charge is 0.476 e. The number of aliphatic imine (C=N–C) groups is 1. The van der Waals surface area contributed by atoms with Gasteiger partial charge in [-0.25, -0.2) is 4.99 Å². The van der Waals surface area contributed by atoms with Crippen LogP contribution in [-0.4, -0.2) is 19.0 Å². The summed E-state index contributed by atoms with van der Waals surface area (Å²) >= 11 is 3.45. The van der Waals surface area contributed by atoms with E-state index in [1.165, 1.54) is 5.56 Å². The molecular formula is C10H10BrNO. The molecule has 0 saturated heterocycles. The Labute approximate surface area is 85.8 Å². The number of ether oxygens (including phenoxy) is 1. The molecule has 0 unspecified atom stereocenters. The highest BCUT2D eigenvalue weighted by molar-refractivity contribution is 9.10. The Balaban J connectivity index is 2.39. The highest BCUT2D eigenvalue weighted by Gasteiger charge is 2.10. The maximum absolute atomic E-state index is 5.38. The van der Waals surface area contributed by atoms with Gasteiger partial charge in [0.05, 0.1) is 6.54 Å². The molecule has 0 bridgehead atoms. The van der Waals surface area contributed by atoms with E-state index in [9.17, 15) is 0 Å². The van der Waals surface area contributed by atoms with Crippen molar-refractivity contribution in [3.05, 3.63) is 33.8 Å². The van der Waals surface area contributed by atoms with Gasteiger partial charge in [-0.15, -0.1) is 0 Å². The van der Waals surface area contributed by atoms with Crippen LogP contribution in [0.3, 0.4) is 0 Å². The van der Waals surface area contributed by atoms with E-state index in [0.717, 1.165) is 22.5 Å². The second kappa shape index (κ2) is 3.50. The summed E-state index contributed by atoms with van der Waals surface area (Å²) < 4.78 is 6.45. The van der Waals surface area contributed by atoms with Gasteiger partial charge in [-0.3, -0.25) is 0 Å². The van der Waals surface area contributed by atoms with E-state index in [-0.39, 0.29) is 0 Å². The first-order chi connectivity index (χ1) is 6.25. The van der Waals surface area contributed by atoms with Crippen molar-refractivity contribution in [2.45, 2.75) is 6.92 Å². The van der Waals surface area contributed by atoms with Gasteiger partial charge in [0.2, 0.25) is 5.90 Å². The third kappa shape index (κ3) is 1.91. The molecule has 0 fully saturated rings. The van der Waals surface area contributed by atoms with Crippen molar-refractivity contribution in [2.75, 3.05) is 13.2 Å². The first-order valence-corrected chi connectivity index (χ1v) is 5.00. The molecule has 1 heterocycles. The molecule has 3 heteroatoms. The van der Waals surface area contributed by atoms with Crippen LogP contribution in [0.5, 0.6) is 0 Å². The summed E-state index contributed by atoms with van der Waals surface area (Å²) in [5.41, 5.74) is 2.27. The van der Waals surface area contributed by atoms with Gasteiger partial charge in [0.25, 0.3) is 0 Å². The van der Waals surface area contributed by atoms with Crippen molar-refractivity contribution in [1.82, 2.24) is 0 Å². The molecule has 0 amide bonds. The van der Waals surface area contributed by atoms with Crippen LogP contribution in [0.1, 0.15) is 11.1 Å². The molecule has 1 aromatic carbocycles. The SMILES string of the molecule is Cc1cc(Br)cc(C2=NCCO2)c1. The Morgan fingerprint density at radius 1 is 1.38 bits per heavy atom. The fourth-order valence-corrected chi connectivity index (χ4v) is 1.98. The van der Waals surface area contributed by atoms with E-state index in [2.05, 4.69) is 40.0 Å². The summed E-state index contributed by atoms with van der Waals surface area (Å²) in [6.07, 6.45) is 0. The molecule has 0 atom stereocenters. The Morgan fingerprint density at radius 3 is 2.85 bits per heavy atom. The van der Waals surface area contributed by atoms with Crippen LogP contribution in [0.2, 0.25) is 0 Å². The minimum atomic E-state index is 0.709. The quantitative estimate of drug-likeness (QED) is 0.739. The standard InChI is InChI=1S/C10H10BrNO/c1-7-4-8(6-9(11)5-7)10-12-2-3-13-10/h4-6H,2-3H2,1H3. The molecule has 1 aliphatic heterocycles. The van der Waals surface area contributed by atoms with E-state index in [4.69, 9.17) is 4.74 Å². The average molecular weight is 240 g/mol. The lowest BCUT2D eigenvalue weighted by molar-refractivity contribution is 0.348. The molecule has 0 radical (unpaired) electrons. The van der Waals surface area contributed by atoms with E-state index < -0.39 is 0 Å². The maximum Gasteiger partial charge on any atom is 0.216 e. The molecular weight excluding hydrogens is 230 g/mol. The first kappa shape index (κ1) is 8.75. The highest BCUT2D eigenvalue weighted by Crippen LogP contribution is 2.17. The zero-order chi connectivity index (χ0) is 9.26. The molecule has 0 saturated carbocycles. The van der Waals surface area contributed by atoms with Crippen LogP contribution in [0, 0.1) is 6.92 Å². The molecule has 1 aliphatic rings. The number of rotatable bonds is 1. The number of nitrogens with zero attached hydrogens (tertiary/aromatic N) is 1. The van der Waals surface area contributed by atoms with Gasteiger partial charge < -0.3 is 4.74 Å². The lowest BCUT2D eigenvalue weighted by Crippen LogP contribution is -2.01. The molecule has 0 aliphatic carbocycles. The number of halogens is 1. The predicted molar refractivity (Wildman–Crippen MR) is 56.2 cm³/mol. The molecule has 1 aromatic rings. The van der Waals surface area contributed by atoms with Crippen molar-refractivity contribution < 1.29 is 4.74 Å². The van der Waals surface area contributed by atoms with Crippen LogP contribution in [0.15, 0.2) is 27.7 Å². The molecule has 2 rings (SSSR count). The van der Waals surface area contributed by atoms with Crippen LogP contribution in [0.4, 0.5) is 0 Å². The van der Waals surface area contributed by atoms with E-state index in [1.54, 1.807) is 0 Å². The van der Waals surface area contributed by atoms with Crippen LogP contribution < -0.4 is 0 Å². The topological polar surface area (TPSA) is 21.6 Å². The second-order valence-electron chi connectivity index (χ2n) is 3.05. The van der Waals surface area contributed by atoms with Crippen LogP contribution in [-0.2, 0) is 4.74 Å². The Morgan fingerprint density at radius 2 is 2.23 bits per heavy atom. The third-order valence-corrected chi connectivity index (χ3v) is 2.33.